The van der Waals surface area contributed by atoms with Crippen LogP contribution in [0, 0.1) is 42.2 Å². The number of nitro groups is 1. The molecule has 0 aliphatic carbocycles. The summed E-state index contributed by atoms with van der Waals surface area (Å²) in [6, 6.07) is 14.1. The highest BCUT2D eigenvalue weighted by Crippen LogP contribution is 2.25. The fourth-order valence-corrected chi connectivity index (χ4v) is 3.03. The fourth-order valence-electron chi connectivity index (χ4n) is 3.03. The van der Waals surface area contributed by atoms with Crippen LogP contribution in [-0.2, 0) is 0 Å². The number of benzene rings is 1. The lowest BCUT2D eigenvalue weighted by atomic mass is 10.0. The number of nitrogens with zero attached hydrogens (tertiary/aromatic N) is 4. The zero-order valence-electron chi connectivity index (χ0n) is 15.3. The van der Waals surface area contributed by atoms with Crippen LogP contribution in [0.2, 0.25) is 0 Å². The van der Waals surface area contributed by atoms with Gasteiger partial charge >= 0.3 is 0 Å². The number of aryl methyl sites for hydroxylation is 2. The second kappa shape index (κ2) is 7.26. The second-order valence-electron chi connectivity index (χ2n) is 6.33. The van der Waals surface area contributed by atoms with E-state index in [2.05, 4.69) is 11.1 Å². The lowest BCUT2D eigenvalue weighted by Crippen LogP contribution is -2.01. The van der Waals surface area contributed by atoms with E-state index in [1.165, 1.54) is 12.1 Å². The minimum atomic E-state index is -0.456. The number of pyridine rings is 1. The van der Waals surface area contributed by atoms with Crippen molar-refractivity contribution in [3.05, 3.63) is 86.9 Å². The van der Waals surface area contributed by atoms with Gasteiger partial charge in [0.15, 0.2) is 0 Å². The van der Waals surface area contributed by atoms with E-state index in [0.29, 0.717) is 11.1 Å². The third kappa shape index (κ3) is 3.62. The van der Waals surface area contributed by atoms with Crippen molar-refractivity contribution in [2.24, 2.45) is 0 Å². The SMILES string of the molecule is Cc1ccnc(-n2c(C)cc(/C=C(\C#N)c3ccc([N+](=O)[O-])cc3)c2C)c1. The van der Waals surface area contributed by atoms with Crippen LogP contribution in [0.15, 0.2) is 48.7 Å². The van der Waals surface area contributed by atoms with Gasteiger partial charge in [-0.25, -0.2) is 4.98 Å². The Labute approximate surface area is 157 Å². The number of nitro benzene ring substituents is 1. The summed E-state index contributed by atoms with van der Waals surface area (Å²) in [7, 11) is 0. The number of nitriles is 1. The van der Waals surface area contributed by atoms with Crippen LogP contribution in [0.25, 0.3) is 17.5 Å². The Kier molecular flexibility index (Phi) is 4.86. The minimum Gasteiger partial charge on any atom is -0.303 e. The van der Waals surface area contributed by atoms with Crippen molar-refractivity contribution in [1.82, 2.24) is 9.55 Å². The van der Waals surface area contributed by atoms with E-state index in [9.17, 15) is 15.4 Å². The number of rotatable bonds is 4. The van der Waals surface area contributed by atoms with Crippen LogP contribution < -0.4 is 0 Å². The average molecular weight is 358 g/mol. The van der Waals surface area contributed by atoms with Crippen molar-refractivity contribution in [3.63, 3.8) is 0 Å². The zero-order chi connectivity index (χ0) is 19.6. The van der Waals surface area contributed by atoms with E-state index in [0.717, 1.165) is 28.3 Å². The monoisotopic (exact) mass is 358 g/mol. The highest BCUT2D eigenvalue weighted by molar-refractivity contribution is 5.90. The Morgan fingerprint density at radius 1 is 1.19 bits per heavy atom. The van der Waals surface area contributed by atoms with Crippen LogP contribution >= 0.6 is 0 Å². The summed E-state index contributed by atoms with van der Waals surface area (Å²) in [5, 5.41) is 20.4. The molecule has 0 bridgehead atoms. The summed E-state index contributed by atoms with van der Waals surface area (Å²) in [5.74, 6) is 0.832. The molecule has 0 amide bonds. The smallest absolute Gasteiger partial charge is 0.269 e. The third-order valence-corrected chi connectivity index (χ3v) is 4.41. The summed E-state index contributed by atoms with van der Waals surface area (Å²) in [4.78, 5) is 14.8. The van der Waals surface area contributed by atoms with Crippen molar-refractivity contribution in [2.45, 2.75) is 20.8 Å². The molecule has 6 heteroatoms. The predicted molar refractivity (Wildman–Crippen MR) is 104 cm³/mol. The van der Waals surface area contributed by atoms with Crippen molar-refractivity contribution in [2.75, 3.05) is 0 Å². The molecule has 0 N–H and O–H groups in total. The first-order chi connectivity index (χ1) is 12.9. The van der Waals surface area contributed by atoms with Gasteiger partial charge in [-0.05, 0) is 73.9 Å². The van der Waals surface area contributed by atoms with Gasteiger partial charge in [0.05, 0.1) is 16.6 Å². The third-order valence-electron chi connectivity index (χ3n) is 4.41. The normalized spacial score (nSPS) is 11.3. The van der Waals surface area contributed by atoms with Gasteiger partial charge in [-0.2, -0.15) is 5.26 Å². The number of non-ortho nitro benzene ring substituents is 1. The van der Waals surface area contributed by atoms with Crippen molar-refractivity contribution in [3.8, 4) is 11.9 Å². The molecule has 2 heterocycles. The first-order valence-electron chi connectivity index (χ1n) is 8.39. The van der Waals surface area contributed by atoms with Crippen molar-refractivity contribution >= 4 is 17.3 Å². The summed E-state index contributed by atoms with van der Waals surface area (Å²) in [6.07, 6.45) is 3.58. The maximum atomic E-state index is 10.8. The molecule has 0 unspecified atom stereocenters. The van der Waals surface area contributed by atoms with Crippen LogP contribution in [0.1, 0.15) is 28.1 Å². The molecule has 6 nitrogen and oxygen atoms in total. The van der Waals surface area contributed by atoms with E-state index < -0.39 is 4.92 Å². The van der Waals surface area contributed by atoms with Gasteiger partial charge in [-0.15, -0.1) is 0 Å². The van der Waals surface area contributed by atoms with Gasteiger partial charge in [-0.1, -0.05) is 0 Å². The lowest BCUT2D eigenvalue weighted by Gasteiger charge is -2.09. The van der Waals surface area contributed by atoms with E-state index >= 15 is 0 Å². The van der Waals surface area contributed by atoms with E-state index in [1.54, 1.807) is 24.4 Å². The summed E-state index contributed by atoms with van der Waals surface area (Å²) < 4.78 is 2.05. The number of hydrogen-bond donors (Lipinski definition) is 0. The van der Waals surface area contributed by atoms with Gasteiger partial charge < -0.3 is 4.57 Å². The Morgan fingerprint density at radius 3 is 2.48 bits per heavy atom. The van der Waals surface area contributed by atoms with Gasteiger partial charge in [0.1, 0.15) is 5.82 Å². The quantitative estimate of drug-likeness (QED) is 0.382. The van der Waals surface area contributed by atoms with Gasteiger partial charge in [-0.3, -0.25) is 10.1 Å². The molecule has 27 heavy (non-hydrogen) atoms. The standard InChI is InChI=1S/C21H18N4O2/c1-14-8-9-23-21(10-14)24-15(2)11-18(16(24)3)12-19(13-22)17-4-6-20(7-5-17)25(26)27/h4-12H,1-3H3/b19-12+. The van der Waals surface area contributed by atoms with Crippen molar-refractivity contribution in [1.29, 1.82) is 5.26 Å². The predicted octanol–water partition coefficient (Wildman–Crippen LogP) is 4.77. The van der Waals surface area contributed by atoms with Gasteiger partial charge in [0, 0.05) is 29.7 Å². The molecule has 2 aromatic heterocycles. The minimum absolute atomic E-state index is 0.000241. The zero-order valence-corrected chi connectivity index (χ0v) is 15.3. The second-order valence-corrected chi connectivity index (χ2v) is 6.33. The van der Waals surface area contributed by atoms with Crippen LogP contribution in [0.3, 0.4) is 0 Å². The summed E-state index contributed by atoms with van der Waals surface area (Å²) in [6.45, 7) is 5.99. The molecule has 3 rings (SSSR count). The molecule has 0 radical (unpaired) electrons. The number of hydrogen-bond acceptors (Lipinski definition) is 4. The molecular weight excluding hydrogens is 340 g/mol. The molecule has 134 valence electrons. The largest absolute Gasteiger partial charge is 0.303 e. The fraction of sp³-hybridized carbons (Fsp3) is 0.143. The van der Waals surface area contributed by atoms with Crippen LogP contribution in [0.5, 0.6) is 0 Å². The van der Waals surface area contributed by atoms with E-state index in [-0.39, 0.29) is 5.69 Å². The summed E-state index contributed by atoms with van der Waals surface area (Å²) >= 11 is 0. The highest BCUT2D eigenvalue weighted by atomic mass is 16.6. The maximum Gasteiger partial charge on any atom is 0.269 e. The van der Waals surface area contributed by atoms with Crippen LogP contribution in [-0.4, -0.2) is 14.5 Å². The number of aromatic nitrogens is 2. The molecule has 0 aliphatic heterocycles. The average Bonchev–Trinajstić information content (AvgIpc) is 2.93. The molecule has 0 saturated heterocycles. The van der Waals surface area contributed by atoms with Gasteiger partial charge in [0.2, 0.25) is 0 Å². The molecule has 0 spiro atoms. The van der Waals surface area contributed by atoms with Crippen LogP contribution in [0.4, 0.5) is 5.69 Å². The Balaban J connectivity index is 2.04. The Morgan fingerprint density at radius 2 is 1.89 bits per heavy atom. The van der Waals surface area contributed by atoms with E-state index in [4.69, 9.17) is 0 Å². The Hall–Kier alpha value is -3.72. The van der Waals surface area contributed by atoms with Crippen molar-refractivity contribution < 1.29 is 4.92 Å². The first kappa shape index (κ1) is 18.1. The Bertz CT molecular complexity index is 1090. The molecule has 0 atom stereocenters. The topological polar surface area (TPSA) is 84.8 Å². The molecule has 0 fully saturated rings. The maximum absolute atomic E-state index is 10.8. The molecule has 3 aromatic rings. The summed E-state index contributed by atoms with van der Waals surface area (Å²) in [5.41, 5.74) is 5.10. The molecule has 1 aromatic carbocycles. The van der Waals surface area contributed by atoms with Gasteiger partial charge in [0.25, 0.3) is 5.69 Å². The van der Waals surface area contributed by atoms with E-state index in [1.807, 2.05) is 43.5 Å². The molecule has 0 aliphatic rings. The molecule has 0 saturated carbocycles. The highest BCUT2D eigenvalue weighted by Gasteiger charge is 2.12. The number of allylic oxidation sites excluding steroid dienone is 1. The first-order valence-corrected chi connectivity index (χ1v) is 8.39. The molecular formula is C21H18N4O2. The lowest BCUT2D eigenvalue weighted by molar-refractivity contribution is -0.384.